The van der Waals surface area contributed by atoms with Crippen LogP contribution in [0.5, 0.6) is 11.5 Å². The Morgan fingerprint density at radius 2 is 2.18 bits per heavy atom. The van der Waals surface area contributed by atoms with Crippen molar-refractivity contribution in [3.8, 4) is 11.5 Å². The molecule has 3 rings (SSSR count). The minimum atomic E-state index is 0.321. The number of rotatable bonds is 5. The molecule has 0 amide bonds. The fourth-order valence-corrected chi connectivity index (χ4v) is 2.34. The van der Waals surface area contributed by atoms with Gasteiger partial charge in [0.25, 0.3) is 0 Å². The van der Waals surface area contributed by atoms with Crippen LogP contribution >= 0.6 is 0 Å². The number of ether oxygens (including phenoxy) is 1. The third-order valence-corrected chi connectivity index (χ3v) is 3.79. The van der Waals surface area contributed by atoms with Crippen LogP contribution in [-0.4, -0.2) is 18.3 Å². The van der Waals surface area contributed by atoms with Gasteiger partial charge in [0.05, 0.1) is 6.61 Å². The van der Waals surface area contributed by atoms with Crippen LogP contribution in [0.25, 0.3) is 0 Å². The van der Waals surface area contributed by atoms with E-state index in [0.29, 0.717) is 17.6 Å². The minimum Gasteiger partial charge on any atom is -0.508 e. The van der Waals surface area contributed by atoms with Gasteiger partial charge in [-0.1, -0.05) is 0 Å². The molecule has 3 heteroatoms. The van der Waals surface area contributed by atoms with E-state index in [1.165, 1.54) is 12.8 Å². The molecule has 1 aromatic rings. The largest absolute Gasteiger partial charge is 0.508 e. The monoisotopic (exact) mass is 233 g/mol. The van der Waals surface area contributed by atoms with Crippen molar-refractivity contribution in [1.29, 1.82) is 0 Å². The lowest BCUT2D eigenvalue weighted by Crippen LogP contribution is -2.04. The molecule has 92 valence electrons. The van der Waals surface area contributed by atoms with Gasteiger partial charge in [-0.2, -0.15) is 0 Å². The molecule has 1 unspecified atom stereocenters. The number of hydrogen-bond acceptors (Lipinski definition) is 3. The summed E-state index contributed by atoms with van der Waals surface area (Å²) in [5.74, 6) is 3.07. The molecular weight excluding hydrogens is 214 g/mol. The summed E-state index contributed by atoms with van der Waals surface area (Å²) in [6.45, 7) is 1.54. The molecule has 0 bridgehead atoms. The fraction of sp³-hybridized carbons (Fsp3) is 0.571. The Balaban J connectivity index is 1.75. The van der Waals surface area contributed by atoms with E-state index in [2.05, 4.69) is 0 Å². The van der Waals surface area contributed by atoms with Crippen LogP contribution in [0.2, 0.25) is 0 Å². The number of hydrogen-bond donors (Lipinski definition) is 2. The molecule has 2 aliphatic carbocycles. The van der Waals surface area contributed by atoms with Crippen LogP contribution in [0.15, 0.2) is 18.2 Å². The molecule has 0 aliphatic heterocycles. The topological polar surface area (TPSA) is 55.5 Å². The van der Waals surface area contributed by atoms with E-state index in [-0.39, 0.29) is 0 Å². The normalized spacial score (nSPS) is 26.9. The van der Waals surface area contributed by atoms with Gasteiger partial charge in [0.2, 0.25) is 0 Å². The summed E-state index contributed by atoms with van der Waals surface area (Å²) >= 11 is 0. The first-order chi connectivity index (χ1) is 8.28. The van der Waals surface area contributed by atoms with Crippen LogP contribution in [0, 0.1) is 11.8 Å². The predicted molar refractivity (Wildman–Crippen MR) is 66.2 cm³/mol. The van der Waals surface area contributed by atoms with E-state index in [1.807, 2.05) is 12.1 Å². The maximum absolute atomic E-state index is 9.58. The Kier molecular flexibility index (Phi) is 2.71. The number of aromatic hydroxyl groups is 1. The number of benzene rings is 1. The van der Waals surface area contributed by atoms with Gasteiger partial charge in [-0.05, 0) is 61.8 Å². The zero-order valence-electron chi connectivity index (χ0n) is 9.93. The van der Waals surface area contributed by atoms with Gasteiger partial charge >= 0.3 is 0 Å². The first-order valence-corrected chi connectivity index (χ1v) is 6.43. The van der Waals surface area contributed by atoms with Crippen LogP contribution in [0.1, 0.15) is 30.7 Å². The van der Waals surface area contributed by atoms with E-state index in [1.54, 1.807) is 6.07 Å². The van der Waals surface area contributed by atoms with E-state index < -0.39 is 0 Å². The van der Waals surface area contributed by atoms with Crippen LogP contribution in [-0.2, 0) is 0 Å². The molecule has 0 aromatic heterocycles. The molecule has 17 heavy (non-hydrogen) atoms. The van der Waals surface area contributed by atoms with Crippen molar-refractivity contribution in [3.63, 3.8) is 0 Å². The molecule has 0 radical (unpaired) electrons. The number of phenolic OH excluding ortho intramolecular Hbond substituents is 1. The molecule has 1 aromatic carbocycles. The summed E-state index contributed by atoms with van der Waals surface area (Å²) in [7, 11) is 0. The molecule has 2 atom stereocenters. The van der Waals surface area contributed by atoms with Gasteiger partial charge in [0.15, 0.2) is 0 Å². The molecule has 3 nitrogen and oxygen atoms in total. The van der Waals surface area contributed by atoms with E-state index in [9.17, 15) is 5.11 Å². The highest BCUT2D eigenvalue weighted by atomic mass is 16.5. The average Bonchev–Trinajstić information content (AvgIpc) is 3.21. The maximum atomic E-state index is 9.58. The number of phenols is 1. The van der Waals surface area contributed by atoms with Crippen molar-refractivity contribution < 1.29 is 9.84 Å². The zero-order valence-corrected chi connectivity index (χ0v) is 9.93. The molecule has 0 heterocycles. The maximum Gasteiger partial charge on any atom is 0.123 e. The fourth-order valence-electron chi connectivity index (χ4n) is 2.34. The molecule has 0 spiro atoms. The molecule has 3 N–H and O–H groups in total. The zero-order chi connectivity index (χ0) is 11.8. The van der Waals surface area contributed by atoms with E-state index in [4.69, 9.17) is 10.5 Å². The molecule has 2 aliphatic rings. The van der Waals surface area contributed by atoms with Gasteiger partial charge in [-0.25, -0.2) is 0 Å². The van der Waals surface area contributed by atoms with Crippen molar-refractivity contribution in [2.75, 3.05) is 13.2 Å². The summed E-state index contributed by atoms with van der Waals surface area (Å²) in [5, 5.41) is 9.58. The van der Waals surface area contributed by atoms with Crippen LogP contribution in [0.4, 0.5) is 0 Å². The summed E-state index contributed by atoms with van der Waals surface area (Å²) in [4.78, 5) is 0. The summed E-state index contributed by atoms with van der Waals surface area (Å²) in [6, 6.07) is 5.42. The Bertz CT molecular complexity index is 415. The molecule has 2 saturated carbocycles. The van der Waals surface area contributed by atoms with Crippen molar-refractivity contribution in [2.24, 2.45) is 17.6 Å². The van der Waals surface area contributed by atoms with Crippen LogP contribution in [0.3, 0.4) is 0 Å². The Hall–Kier alpha value is -1.22. The summed E-state index contributed by atoms with van der Waals surface area (Å²) < 4.78 is 5.86. The van der Waals surface area contributed by atoms with Crippen molar-refractivity contribution >= 4 is 0 Å². The molecular formula is C14H19NO2. The van der Waals surface area contributed by atoms with Gasteiger partial charge in [-0.15, -0.1) is 0 Å². The van der Waals surface area contributed by atoms with Crippen molar-refractivity contribution in [1.82, 2.24) is 0 Å². The Labute approximate surface area is 102 Å². The van der Waals surface area contributed by atoms with Crippen molar-refractivity contribution in [2.45, 2.75) is 25.2 Å². The minimum absolute atomic E-state index is 0.321. The lowest BCUT2D eigenvalue weighted by Gasteiger charge is -2.11. The predicted octanol–water partition coefficient (Wildman–Crippen LogP) is 2.24. The van der Waals surface area contributed by atoms with E-state index >= 15 is 0 Å². The quantitative estimate of drug-likeness (QED) is 0.820. The summed E-state index contributed by atoms with van der Waals surface area (Å²) in [5.41, 5.74) is 6.82. The first-order valence-electron chi connectivity index (χ1n) is 6.43. The van der Waals surface area contributed by atoms with Gasteiger partial charge in [0.1, 0.15) is 11.5 Å². The molecule has 2 fully saturated rings. The first kappa shape index (κ1) is 10.9. The highest BCUT2D eigenvalue weighted by Gasteiger charge is 2.39. The molecule has 0 saturated heterocycles. The standard InChI is InChI=1S/C14H19NO2/c15-7-10-5-12(10)13-6-11(16)3-4-14(13)17-8-9-1-2-9/h3-4,6,9-10,12,16H,1-2,5,7-8,15H2/t10-,12?/m1/s1. The lowest BCUT2D eigenvalue weighted by molar-refractivity contribution is 0.296. The Morgan fingerprint density at radius 1 is 1.35 bits per heavy atom. The highest BCUT2D eigenvalue weighted by Crippen LogP contribution is 2.50. The van der Waals surface area contributed by atoms with Crippen molar-refractivity contribution in [3.05, 3.63) is 23.8 Å². The number of nitrogens with two attached hydrogens (primary N) is 1. The second-order valence-electron chi connectivity index (χ2n) is 5.31. The third-order valence-electron chi connectivity index (χ3n) is 3.79. The highest BCUT2D eigenvalue weighted by molar-refractivity contribution is 5.44. The second kappa shape index (κ2) is 4.22. The SMILES string of the molecule is NC[C@H]1CC1c1cc(O)ccc1OCC1CC1. The van der Waals surface area contributed by atoms with Gasteiger partial charge in [-0.3, -0.25) is 0 Å². The second-order valence-corrected chi connectivity index (χ2v) is 5.31. The third kappa shape index (κ3) is 2.39. The van der Waals surface area contributed by atoms with Gasteiger partial charge in [0, 0.05) is 5.56 Å². The average molecular weight is 233 g/mol. The van der Waals surface area contributed by atoms with Gasteiger partial charge < -0.3 is 15.6 Å². The van der Waals surface area contributed by atoms with E-state index in [0.717, 1.165) is 36.8 Å². The van der Waals surface area contributed by atoms with Crippen LogP contribution < -0.4 is 10.5 Å². The Morgan fingerprint density at radius 3 is 2.82 bits per heavy atom. The lowest BCUT2D eigenvalue weighted by atomic mass is 10.1. The summed E-state index contributed by atoms with van der Waals surface area (Å²) in [6.07, 6.45) is 3.71. The smallest absolute Gasteiger partial charge is 0.123 e.